The smallest absolute Gasteiger partial charge is 0.238 e. The third-order valence-corrected chi connectivity index (χ3v) is 4.79. The van der Waals surface area contributed by atoms with Gasteiger partial charge in [-0.2, -0.15) is 5.10 Å². The second-order valence-electron chi connectivity index (χ2n) is 6.59. The van der Waals surface area contributed by atoms with Crippen LogP contribution < -0.4 is 14.8 Å². The number of nitrogens with zero attached hydrogens (tertiary/aromatic N) is 3. The van der Waals surface area contributed by atoms with Crippen LogP contribution in [-0.4, -0.2) is 47.9 Å². The van der Waals surface area contributed by atoms with Crippen LogP contribution in [0, 0.1) is 6.92 Å². The molecule has 7 heteroatoms. The van der Waals surface area contributed by atoms with Crippen molar-refractivity contribution in [1.82, 2.24) is 14.7 Å². The first kappa shape index (κ1) is 18.3. The van der Waals surface area contributed by atoms with Gasteiger partial charge in [0.2, 0.25) is 5.91 Å². The van der Waals surface area contributed by atoms with Crippen LogP contribution >= 0.6 is 0 Å². The van der Waals surface area contributed by atoms with Gasteiger partial charge in [-0.05, 0) is 44.5 Å². The number of nitrogens with one attached hydrogen (secondary N) is 1. The third kappa shape index (κ3) is 3.83. The molecular weight excluding hydrogens is 332 g/mol. The highest BCUT2D eigenvalue weighted by atomic mass is 16.5. The van der Waals surface area contributed by atoms with Crippen molar-refractivity contribution in [2.45, 2.75) is 25.8 Å². The number of ether oxygens (including phenoxy) is 2. The molecule has 1 atom stereocenters. The Morgan fingerprint density at radius 3 is 2.81 bits per heavy atom. The van der Waals surface area contributed by atoms with Gasteiger partial charge in [-0.3, -0.25) is 14.4 Å². The lowest BCUT2D eigenvalue weighted by molar-refractivity contribution is -0.117. The molecule has 0 spiro atoms. The SMILES string of the molecule is COc1ccc(OC)c([C@@H]2CCCN2CC(=O)Nc2cn(C)nc2C)c1. The molecule has 0 saturated carbocycles. The lowest BCUT2D eigenvalue weighted by atomic mass is 10.0. The van der Waals surface area contributed by atoms with Crippen LogP contribution in [0.1, 0.15) is 30.1 Å². The van der Waals surface area contributed by atoms with E-state index in [0.29, 0.717) is 6.54 Å². The number of rotatable bonds is 6. The number of methoxy groups -OCH3 is 2. The van der Waals surface area contributed by atoms with Crippen molar-refractivity contribution in [2.24, 2.45) is 7.05 Å². The van der Waals surface area contributed by atoms with Gasteiger partial charge in [-0.25, -0.2) is 0 Å². The molecule has 2 heterocycles. The first-order chi connectivity index (χ1) is 12.5. The highest BCUT2D eigenvalue weighted by Crippen LogP contribution is 2.38. The van der Waals surface area contributed by atoms with E-state index in [1.54, 1.807) is 18.9 Å². The molecule has 1 saturated heterocycles. The number of benzene rings is 1. The summed E-state index contributed by atoms with van der Waals surface area (Å²) in [4.78, 5) is 14.7. The topological polar surface area (TPSA) is 68.6 Å². The zero-order valence-electron chi connectivity index (χ0n) is 15.8. The molecule has 1 N–H and O–H groups in total. The standard InChI is InChI=1S/C19H26N4O3/c1-13-16(11-22(2)21-13)20-19(24)12-23-9-5-6-17(23)15-10-14(25-3)7-8-18(15)26-4/h7-8,10-11,17H,5-6,9,12H2,1-4H3,(H,20,24)/t17-/m0/s1. The maximum Gasteiger partial charge on any atom is 0.238 e. The molecule has 1 aromatic heterocycles. The molecule has 0 unspecified atom stereocenters. The Hall–Kier alpha value is -2.54. The van der Waals surface area contributed by atoms with Gasteiger partial charge in [-0.15, -0.1) is 0 Å². The molecule has 7 nitrogen and oxygen atoms in total. The molecule has 1 aliphatic rings. The quantitative estimate of drug-likeness (QED) is 0.859. The van der Waals surface area contributed by atoms with Crippen molar-refractivity contribution in [3.8, 4) is 11.5 Å². The molecule has 3 rings (SSSR count). The minimum absolute atomic E-state index is 0.0325. The van der Waals surface area contributed by atoms with Crippen molar-refractivity contribution in [2.75, 3.05) is 32.6 Å². The van der Waals surface area contributed by atoms with E-state index in [-0.39, 0.29) is 11.9 Å². The summed E-state index contributed by atoms with van der Waals surface area (Å²) in [5.74, 6) is 1.59. The second kappa shape index (κ2) is 7.78. The van der Waals surface area contributed by atoms with Crippen LogP contribution in [0.2, 0.25) is 0 Å². The van der Waals surface area contributed by atoms with E-state index in [9.17, 15) is 4.79 Å². The average molecular weight is 358 g/mol. The highest BCUT2D eigenvalue weighted by molar-refractivity contribution is 5.92. The Morgan fingerprint density at radius 2 is 2.15 bits per heavy atom. The van der Waals surface area contributed by atoms with Gasteiger partial charge in [0, 0.05) is 24.8 Å². The van der Waals surface area contributed by atoms with E-state index in [2.05, 4.69) is 15.3 Å². The number of aromatic nitrogens is 2. The zero-order valence-corrected chi connectivity index (χ0v) is 15.8. The Labute approximate surface area is 153 Å². The molecule has 26 heavy (non-hydrogen) atoms. The van der Waals surface area contributed by atoms with Gasteiger partial charge in [0.15, 0.2) is 0 Å². The summed E-state index contributed by atoms with van der Waals surface area (Å²) in [7, 11) is 5.17. The van der Waals surface area contributed by atoms with Crippen LogP contribution in [0.15, 0.2) is 24.4 Å². The summed E-state index contributed by atoms with van der Waals surface area (Å²) in [6.45, 7) is 3.10. The van der Waals surface area contributed by atoms with Gasteiger partial charge in [0.05, 0.1) is 32.1 Å². The highest BCUT2D eigenvalue weighted by Gasteiger charge is 2.30. The minimum atomic E-state index is -0.0325. The monoisotopic (exact) mass is 358 g/mol. The summed E-state index contributed by atoms with van der Waals surface area (Å²) in [5, 5.41) is 7.22. The van der Waals surface area contributed by atoms with Crippen LogP contribution in [0.5, 0.6) is 11.5 Å². The predicted octanol–water partition coefficient (Wildman–Crippen LogP) is 2.52. The minimum Gasteiger partial charge on any atom is -0.497 e. The maximum absolute atomic E-state index is 12.5. The Balaban J connectivity index is 1.74. The summed E-state index contributed by atoms with van der Waals surface area (Å²) >= 11 is 0. The zero-order chi connectivity index (χ0) is 18.7. The van der Waals surface area contributed by atoms with E-state index < -0.39 is 0 Å². The predicted molar refractivity (Wildman–Crippen MR) is 99.7 cm³/mol. The van der Waals surface area contributed by atoms with Crippen LogP contribution in [0.25, 0.3) is 0 Å². The number of hydrogen-bond donors (Lipinski definition) is 1. The van der Waals surface area contributed by atoms with Gasteiger partial charge < -0.3 is 14.8 Å². The van der Waals surface area contributed by atoms with Crippen molar-refractivity contribution in [3.05, 3.63) is 35.7 Å². The Kier molecular flexibility index (Phi) is 5.46. The van der Waals surface area contributed by atoms with Gasteiger partial charge in [0.25, 0.3) is 0 Å². The molecule has 0 bridgehead atoms. The molecular formula is C19H26N4O3. The Bertz CT molecular complexity index is 787. The number of aryl methyl sites for hydroxylation is 2. The molecule has 0 aliphatic carbocycles. The van der Waals surface area contributed by atoms with E-state index in [1.807, 2.05) is 38.4 Å². The second-order valence-corrected chi connectivity index (χ2v) is 6.59. The van der Waals surface area contributed by atoms with E-state index in [4.69, 9.17) is 9.47 Å². The summed E-state index contributed by atoms with van der Waals surface area (Å²) in [5.41, 5.74) is 2.63. The fraction of sp³-hybridized carbons (Fsp3) is 0.474. The van der Waals surface area contributed by atoms with E-state index in [0.717, 1.165) is 47.8 Å². The first-order valence-corrected chi connectivity index (χ1v) is 8.78. The van der Waals surface area contributed by atoms with Gasteiger partial charge in [0.1, 0.15) is 11.5 Å². The number of carbonyl (C=O) groups excluding carboxylic acids is 1. The average Bonchev–Trinajstić information content (AvgIpc) is 3.20. The number of carbonyl (C=O) groups is 1. The third-order valence-electron chi connectivity index (χ3n) is 4.79. The van der Waals surface area contributed by atoms with Crippen LogP contribution in [-0.2, 0) is 11.8 Å². The van der Waals surface area contributed by atoms with Crippen molar-refractivity contribution < 1.29 is 14.3 Å². The molecule has 1 amide bonds. The van der Waals surface area contributed by atoms with E-state index >= 15 is 0 Å². The first-order valence-electron chi connectivity index (χ1n) is 8.78. The summed E-state index contributed by atoms with van der Waals surface area (Å²) in [6, 6.07) is 5.95. The lowest BCUT2D eigenvalue weighted by Gasteiger charge is -2.26. The van der Waals surface area contributed by atoms with Crippen molar-refractivity contribution in [1.29, 1.82) is 0 Å². The number of likely N-dealkylation sites (tertiary alicyclic amines) is 1. The fourth-order valence-corrected chi connectivity index (χ4v) is 3.56. The molecule has 1 aromatic carbocycles. The lowest BCUT2D eigenvalue weighted by Crippen LogP contribution is -2.33. The van der Waals surface area contributed by atoms with Gasteiger partial charge >= 0.3 is 0 Å². The summed E-state index contributed by atoms with van der Waals surface area (Å²) in [6.07, 6.45) is 3.85. The Morgan fingerprint density at radius 1 is 1.35 bits per heavy atom. The largest absolute Gasteiger partial charge is 0.497 e. The molecule has 2 aromatic rings. The van der Waals surface area contributed by atoms with E-state index in [1.165, 1.54) is 0 Å². The number of amides is 1. The van der Waals surface area contributed by atoms with Crippen LogP contribution in [0.3, 0.4) is 0 Å². The summed E-state index contributed by atoms with van der Waals surface area (Å²) < 4.78 is 12.6. The van der Waals surface area contributed by atoms with Crippen LogP contribution in [0.4, 0.5) is 5.69 Å². The number of hydrogen-bond acceptors (Lipinski definition) is 5. The normalized spacial score (nSPS) is 17.3. The van der Waals surface area contributed by atoms with Crippen molar-refractivity contribution >= 4 is 11.6 Å². The number of anilines is 1. The molecule has 1 aliphatic heterocycles. The van der Waals surface area contributed by atoms with Crippen molar-refractivity contribution in [3.63, 3.8) is 0 Å². The van der Waals surface area contributed by atoms with Gasteiger partial charge in [-0.1, -0.05) is 0 Å². The molecule has 1 fully saturated rings. The maximum atomic E-state index is 12.5. The fourth-order valence-electron chi connectivity index (χ4n) is 3.56. The molecule has 0 radical (unpaired) electrons. The molecule has 140 valence electrons.